The molecule has 1 N–H and O–H groups in total. The van der Waals surface area contributed by atoms with Gasteiger partial charge in [-0.15, -0.1) is 0 Å². The van der Waals surface area contributed by atoms with Crippen LogP contribution in [0.15, 0.2) is 15.4 Å². The van der Waals surface area contributed by atoms with Crippen LogP contribution in [-0.4, -0.2) is 31.4 Å². The third-order valence-corrected chi connectivity index (χ3v) is 6.27. The third-order valence-electron chi connectivity index (χ3n) is 4.14. The van der Waals surface area contributed by atoms with Gasteiger partial charge in [0.15, 0.2) is 0 Å². The summed E-state index contributed by atoms with van der Waals surface area (Å²) in [6.45, 7) is 4.92. The van der Waals surface area contributed by atoms with Crippen molar-refractivity contribution in [2.45, 2.75) is 63.1 Å². The van der Waals surface area contributed by atoms with Gasteiger partial charge in [-0.05, 0) is 39.5 Å². The maximum atomic E-state index is 12.7. The van der Waals surface area contributed by atoms with Crippen LogP contribution >= 0.6 is 0 Å². The molecule has 0 spiro atoms. The largest absolute Gasteiger partial charge is 0.464 e. The smallest absolute Gasteiger partial charge is 0.246 e. The highest BCUT2D eigenvalue weighted by Crippen LogP contribution is 2.29. The van der Waals surface area contributed by atoms with Crippen molar-refractivity contribution in [2.24, 2.45) is 0 Å². The van der Waals surface area contributed by atoms with Crippen LogP contribution in [-0.2, 0) is 16.6 Å². The molecule has 1 atom stereocenters. The molecule has 1 aromatic heterocycles. The summed E-state index contributed by atoms with van der Waals surface area (Å²) in [7, 11) is -3.41. The molecule has 20 heavy (non-hydrogen) atoms. The predicted molar refractivity (Wildman–Crippen MR) is 75.9 cm³/mol. The second kappa shape index (κ2) is 5.16. The highest BCUT2D eigenvalue weighted by molar-refractivity contribution is 7.89. The maximum absolute atomic E-state index is 12.7. The van der Waals surface area contributed by atoms with Crippen molar-refractivity contribution < 1.29 is 12.8 Å². The molecule has 1 aliphatic carbocycles. The van der Waals surface area contributed by atoms with Gasteiger partial charge < -0.3 is 9.73 Å². The van der Waals surface area contributed by atoms with Crippen molar-refractivity contribution in [1.82, 2.24) is 9.62 Å². The van der Waals surface area contributed by atoms with Gasteiger partial charge in [-0.2, -0.15) is 4.31 Å². The molecule has 2 fully saturated rings. The highest BCUT2D eigenvalue weighted by atomic mass is 32.2. The van der Waals surface area contributed by atoms with Crippen LogP contribution in [0, 0.1) is 6.92 Å². The first-order chi connectivity index (χ1) is 9.48. The molecule has 112 valence electrons. The van der Waals surface area contributed by atoms with Crippen molar-refractivity contribution in [3.63, 3.8) is 0 Å². The molecule has 1 saturated heterocycles. The summed E-state index contributed by atoms with van der Waals surface area (Å²) >= 11 is 0. The zero-order chi connectivity index (χ0) is 14.3. The minimum Gasteiger partial charge on any atom is -0.464 e. The van der Waals surface area contributed by atoms with Gasteiger partial charge in [0.05, 0.1) is 6.54 Å². The Balaban J connectivity index is 1.81. The molecule has 3 rings (SSSR count). The number of furan rings is 1. The van der Waals surface area contributed by atoms with Gasteiger partial charge in [-0.3, -0.25) is 0 Å². The Morgan fingerprint density at radius 3 is 2.75 bits per heavy atom. The zero-order valence-electron chi connectivity index (χ0n) is 12.1. The first-order valence-electron chi connectivity index (χ1n) is 7.33. The fourth-order valence-electron chi connectivity index (χ4n) is 2.79. The molecule has 1 saturated carbocycles. The standard InChI is InChI=1S/C14H22N2O3S/c1-10-4-3-7-16(10)20(17,18)14-8-13(19-11(14)2)9-15-12-5-6-12/h8,10,12,15H,3-7,9H2,1-2H3. The lowest BCUT2D eigenvalue weighted by Gasteiger charge is -2.20. The molecule has 2 aliphatic rings. The van der Waals surface area contributed by atoms with E-state index < -0.39 is 10.0 Å². The number of sulfonamides is 1. The van der Waals surface area contributed by atoms with Gasteiger partial charge in [-0.1, -0.05) is 0 Å². The lowest BCUT2D eigenvalue weighted by atomic mass is 10.3. The summed E-state index contributed by atoms with van der Waals surface area (Å²) in [5, 5.41) is 3.34. The van der Waals surface area contributed by atoms with E-state index in [1.165, 1.54) is 12.8 Å². The Labute approximate surface area is 120 Å². The molecular weight excluding hydrogens is 276 g/mol. The van der Waals surface area contributed by atoms with Gasteiger partial charge >= 0.3 is 0 Å². The van der Waals surface area contributed by atoms with Gasteiger partial charge in [-0.25, -0.2) is 8.42 Å². The summed E-state index contributed by atoms with van der Waals surface area (Å²) in [6, 6.07) is 2.35. The number of rotatable bonds is 5. The zero-order valence-corrected chi connectivity index (χ0v) is 12.9. The van der Waals surface area contributed by atoms with E-state index in [9.17, 15) is 8.42 Å². The quantitative estimate of drug-likeness (QED) is 0.903. The van der Waals surface area contributed by atoms with Gasteiger partial charge in [0, 0.05) is 24.7 Å². The van der Waals surface area contributed by atoms with Gasteiger partial charge in [0.25, 0.3) is 0 Å². The SMILES string of the molecule is Cc1oc(CNC2CC2)cc1S(=O)(=O)N1CCCC1C. The predicted octanol–water partition coefficient (Wildman–Crippen LogP) is 2.01. The Morgan fingerprint density at radius 2 is 2.15 bits per heavy atom. The average Bonchev–Trinajstić information content (AvgIpc) is 2.99. The monoisotopic (exact) mass is 298 g/mol. The Morgan fingerprint density at radius 1 is 1.40 bits per heavy atom. The molecule has 0 aromatic carbocycles. The summed E-state index contributed by atoms with van der Waals surface area (Å²) in [5.41, 5.74) is 0. The van der Waals surface area contributed by atoms with E-state index >= 15 is 0 Å². The van der Waals surface area contributed by atoms with Crippen LogP contribution < -0.4 is 5.32 Å². The van der Waals surface area contributed by atoms with Crippen LogP contribution in [0.4, 0.5) is 0 Å². The molecule has 1 unspecified atom stereocenters. The first-order valence-corrected chi connectivity index (χ1v) is 8.77. The van der Waals surface area contributed by atoms with Gasteiger partial charge in [0.2, 0.25) is 10.0 Å². The highest BCUT2D eigenvalue weighted by Gasteiger charge is 2.35. The lowest BCUT2D eigenvalue weighted by molar-refractivity contribution is 0.405. The van der Waals surface area contributed by atoms with Crippen LogP contribution in [0.1, 0.15) is 44.1 Å². The molecule has 5 nitrogen and oxygen atoms in total. The normalized spacial score (nSPS) is 24.4. The van der Waals surface area contributed by atoms with Crippen molar-refractivity contribution in [2.75, 3.05) is 6.54 Å². The summed E-state index contributed by atoms with van der Waals surface area (Å²) in [5.74, 6) is 1.21. The van der Waals surface area contributed by atoms with Gasteiger partial charge in [0.1, 0.15) is 16.4 Å². The van der Waals surface area contributed by atoms with Crippen molar-refractivity contribution in [3.8, 4) is 0 Å². The molecule has 0 amide bonds. The number of nitrogens with one attached hydrogen (secondary N) is 1. The van der Waals surface area contributed by atoms with E-state index in [1.54, 1.807) is 17.3 Å². The molecule has 0 radical (unpaired) electrons. The Bertz CT molecular complexity index is 590. The molecular formula is C14H22N2O3S. The van der Waals surface area contributed by atoms with E-state index in [1.807, 2.05) is 6.92 Å². The van der Waals surface area contributed by atoms with E-state index in [-0.39, 0.29) is 6.04 Å². The topological polar surface area (TPSA) is 62.6 Å². The van der Waals surface area contributed by atoms with E-state index in [0.29, 0.717) is 35.5 Å². The fourth-order valence-corrected chi connectivity index (χ4v) is 4.68. The van der Waals surface area contributed by atoms with Crippen molar-refractivity contribution in [3.05, 3.63) is 17.6 Å². The fraction of sp³-hybridized carbons (Fsp3) is 0.714. The minimum absolute atomic E-state index is 0.0855. The molecule has 1 aliphatic heterocycles. The number of hydrogen-bond donors (Lipinski definition) is 1. The average molecular weight is 298 g/mol. The van der Waals surface area contributed by atoms with Crippen LogP contribution in [0.3, 0.4) is 0 Å². The summed E-state index contributed by atoms with van der Waals surface area (Å²) in [4.78, 5) is 0.332. The van der Waals surface area contributed by atoms with Crippen LogP contribution in [0.2, 0.25) is 0 Å². The number of nitrogens with zero attached hydrogens (tertiary/aromatic N) is 1. The second-order valence-corrected chi connectivity index (χ2v) is 7.75. The van der Waals surface area contributed by atoms with Crippen LogP contribution in [0.5, 0.6) is 0 Å². The summed E-state index contributed by atoms with van der Waals surface area (Å²) < 4.78 is 32.6. The lowest BCUT2D eigenvalue weighted by Crippen LogP contribution is -2.33. The van der Waals surface area contributed by atoms with Crippen molar-refractivity contribution >= 4 is 10.0 Å². The molecule has 6 heteroatoms. The minimum atomic E-state index is -3.41. The number of hydrogen-bond acceptors (Lipinski definition) is 4. The second-order valence-electron chi connectivity index (χ2n) is 5.90. The molecule has 1 aromatic rings. The van der Waals surface area contributed by atoms with E-state index in [0.717, 1.165) is 12.8 Å². The Kier molecular flexibility index (Phi) is 3.64. The first kappa shape index (κ1) is 14.1. The third kappa shape index (κ3) is 2.64. The van der Waals surface area contributed by atoms with Crippen molar-refractivity contribution in [1.29, 1.82) is 0 Å². The Hall–Kier alpha value is -0.850. The molecule has 2 heterocycles. The maximum Gasteiger partial charge on any atom is 0.246 e. The number of aryl methyl sites for hydroxylation is 1. The van der Waals surface area contributed by atoms with E-state index in [4.69, 9.17) is 4.42 Å². The summed E-state index contributed by atoms with van der Waals surface area (Å²) in [6.07, 6.45) is 4.28. The molecule has 0 bridgehead atoms. The van der Waals surface area contributed by atoms with E-state index in [2.05, 4.69) is 5.32 Å². The van der Waals surface area contributed by atoms with Crippen LogP contribution in [0.25, 0.3) is 0 Å².